The molecule has 5 heavy (non-hydrogen) atoms. The van der Waals surface area contributed by atoms with E-state index in [0.717, 1.165) is 0 Å². The highest BCUT2D eigenvalue weighted by Gasteiger charge is 2.08. The van der Waals surface area contributed by atoms with Crippen molar-refractivity contribution in [2.45, 2.75) is 19.6 Å². The number of rotatable bonds is 0. The SMILES string of the molecule is C[Si](C)(C)F. The summed E-state index contributed by atoms with van der Waals surface area (Å²) in [6.07, 6.45) is 0. The summed E-state index contributed by atoms with van der Waals surface area (Å²) in [7, 11) is -2.11. The number of halogens is 1. The fourth-order valence-corrected chi connectivity index (χ4v) is 0. The Hall–Kier alpha value is 0.147. The maximum Gasteiger partial charge on any atom is 0.237 e. The van der Waals surface area contributed by atoms with Gasteiger partial charge in [-0.25, -0.2) is 0 Å². The van der Waals surface area contributed by atoms with Crippen LogP contribution in [0.2, 0.25) is 19.6 Å². The fourth-order valence-electron chi connectivity index (χ4n) is 0. The molecule has 0 atom stereocenters. The van der Waals surface area contributed by atoms with Gasteiger partial charge in [0.25, 0.3) is 0 Å². The van der Waals surface area contributed by atoms with Crippen LogP contribution in [0.25, 0.3) is 0 Å². The summed E-state index contributed by atoms with van der Waals surface area (Å²) in [5, 5.41) is 0. The zero-order chi connectivity index (χ0) is 4.50. The van der Waals surface area contributed by atoms with Gasteiger partial charge in [0.2, 0.25) is 8.41 Å². The van der Waals surface area contributed by atoms with E-state index in [1.807, 2.05) is 0 Å². The smallest absolute Gasteiger partial charge is 0.237 e. The summed E-state index contributed by atoms with van der Waals surface area (Å²) < 4.78 is 11.8. The van der Waals surface area contributed by atoms with Crippen molar-refractivity contribution >= 4 is 8.41 Å². The molecule has 0 N–H and O–H groups in total. The van der Waals surface area contributed by atoms with E-state index in [2.05, 4.69) is 0 Å². The van der Waals surface area contributed by atoms with Crippen LogP contribution in [-0.4, -0.2) is 8.41 Å². The molecule has 0 saturated heterocycles. The Morgan fingerprint density at radius 2 is 1.20 bits per heavy atom. The first-order valence-corrected chi connectivity index (χ1v) is 5.07. The van der Waals surface area contributed by atoms with Crippen molar-refractivity contribution in [2.24, 2.45) is 0 Å². The van der Waals surface area contributed by atoms with E-state index < -0.39 is 8.41 Å². The molecule has 0 aliphatic rings. The number of hydrogen-bond donors (Lipinski definition) is 0. The largest absolute Gasteiger partial charge is 0.315 e. The molecule has 0 rings (SSSR count). The molecule has 0 unspecified atom stereocenters. The van der Waals surface area contributed by atoms with Crippen LogP contribution in [0.5, 0.6) is 0 Å². The third kappa shape index (κ3) is 886. The van der Waals surface area contributed by atoms with E-state index in [1.165, 1.54) is 0 Å². The zero-order valence-corrected chi connectivity index (χ0v) is 4.88. The lowest BCUT2D eigenvalue weighted by molar-refractivity contribution is 0.811. The standard InChI is InChI=1S/C3H9FSi/c1-5(2,3)4/h1-3H3. The predicted molar refractivity (Wildman–Crippen MR) is 24.5 cm³/mol. The Kier molecular flexibility index (Phi) is 1.12. The summed E-state index contributed by atoms with van der Waals surface area (Å²) in [6.45, 7) is 4.98. The number of hydrogen-bond acceptors (Lipinski definition) is 0. The van der Waals surface area contributed by atoms with E-state index in [1.54, 1.807) is 19.6 Å². The topological polar surface area (TPSA) is 0 Å². The van der Waals surface area contributed by atoms with Gasteiger partial charge < -0.3 is 4.11 Å². The normalized spacial score (nSPS) is 12.0. The molecule has 0 spiro atoms. The third-order valence-electron chi connectivity index (χ3n) is 0. The first-order valence-electron chi connectivity index (χ1n) is 1.69. The highest BCUT2D eigenvalue weighted by molar-refractivity contribution is 6.69. The minimum atomic E-state index is -2.11. The van der Waals surface area contributed by atoms with Gasteiger partial charge in [-0.2, -0.15) is 0 Å². The molecule has 0 heterocycles. The molecule has 0 bridgehead atoms. The van der Waals surface area contributed by atoms with Gasteiger partial charge >= 0.3 is 0 Å². The van der Waals surface area contributed by atoms with Crippen molar-refractivity contribution in [1.82, 2.24) is 0 Å². The van der Waals surface area contributed by atoms with Gasteiger partial charge in [-0.15, -0.1) is 0 Å². The second kappa shape index (κ2) is 1.09. The second-order valence-corrected chi connectivity index (χ2v) is 6.20. The molecule has 0 aromatic carbocycles. The van der Waals surface area contributed by atoms with Gasteiger partial charge in [-0.3, -0.25) is 0 Å². The summed E-state index contributed by atoms with van der Waals surface area (Å²) >= 11 is 0. The second-order valence-electron chi connectivity index (χ2n) is 2.07. The van der Waals surface area contributed by atoms with Crippen molar-refractivity contribution in [2.75, 3.05) is 0 Å². The summed E-state index contributed by atoms with van der Waals surface area (Å²) in [4.78, 5) is 0. The highest BCUT2D eigenvalue weighted by Crippen LogP contribution is 1.97. The van der Waals surface area contributed by atoms with Crippen molar-refractivity contribution in [3.63, 3.8) is 0 Å². The summed E-state index contributed by atoms with van der Waals surface area (Å²) in [5.74, 6) is 0. The first kappa shape index (κ1) is 5.15. The fraction of sp³-hybridized carbons (Fsp3) is 1.00. The molecule has 2 heteroatoms. The average molecular weight is 92.2 g/mol. The lowest BCUT2D eigenvalue weighted by atomic mass is 11.8. The van der Waals surface area contributed by atoms with Crippen LogP contribution in [0, 0.1) is 0 Å². The van der Waals surface area contributed by atoms with Gasteiger partial charge in [0.15, 0.2) is 0 Å². The molecule has 32 valence electrons. The maximum atomic E-state index is 11.8. The van der Waals surface area contributed by atoms with Crippen LogP contribution in [0.15, 0.2) is 0 Å². The zero-order valence-electron chi connectivity index (χ0n) is 3.88. The molecule has 0 aliphatic heterocycles. The highest BCUT2D eigenvalue weighted by atomic mass is 28.4. The minimum absolute atomic E-state index is 1.66. The monoisotopic (exact) mass is 92.0 g/mol. The Labute approximate surface area is 33.2 Å². The van der Waals surface area contributed by atoms with E-state index >= 15 is 0 Å². The van der Waals surface area contributed by atoms with Crippen LogP contribution >= 0.6 is 0 Å². The van der Waals surface area contributed by atoms with Crippen molar-refractivity contribution in [1.29, 1.82) is 0 Å². The van der Waals surface area contributed by atoms with Gasteiger partial charge in [0.05, 0.1) is 0 Å². The van der Waals surface area contributed by atoms with E-state index in [0.29, 0.717) is 0 Å². The molecule has 0 nitrogen and oxygen atoms in total. The van der Waals surface area contributed by atoms with E-state index in [9.17, 15) is 4.11 Å². The molecule has 0 radical (unpaired) electrons. The first-order chi connectivity index (χ1) is 2.00. The van der Waals surface area contributed by atoms with Crippen LogP contribution in [0.4, 0.5) is 4.11 Å². The minimum Gasteiger partial charge on any atom is -0.315 e. The maximum absolute atomic E-state index is 11.8. The van der Waals surface area contributed by atoms with Gasteiger partial charge in [-0.05, 0) is 19.6 Å². The lowest BCUT2D eigenvalue weighted by Crippen LogP contribution is -2.08. The van der Waals surface area contributed by atoms with Crippen molar-refractivity contribution < 1.29 is 4.11 Å². The van der Waals surface area contributed by atoms with Crippen LogP contribution in [0.3, 0.4) is 0 Å². The summed E-state index contributed by atoms with van der Waals surface area (Å²) in [6, 6.07) is 0. The van der Waals surface area contributed by atoms with E-state index in [-0.39, 0.29) is 0 Å². The Morgan fingerprint density at radius 1 is 1.20 bits per heavy atom. The van der Waals surface area contributed by atoms with Crippen molar-refractivity contribution in [3.8, 4) is 0 Å². The molecular weight excluding hydrogens is 83.1 g/mol. The van der Waals surface area contributed by atoms with Gasteiger partial charge in [-0.1, -0.05) is 0 Å². The predicted octanol–water partition coefficient (Wildman–Crippen LogP) is 1.79. The van der Waals surface area contributed by atoms with Crippen LogP contribution in [0.1, 0.15) is 0 Å². The molecule has 0 fully saturated rings. The van der Waals surface area contributed by atoms with E-state index in [4.69, 9.17) is 0 Å². The lowest BCUT2D eigenvalue weighted by Gasteiger charge is -1.95. The Bertz CT molecular complexity index is 22.4. The molecular formula is C3H9FSi. The van der Waals surface area contributed by atoms with Crippen LogP contribution in [-0.2, 0) is 0 Å². The molecule has 0 saturated carbocycles. The van der Waals surface area contributed by atoms with Crippen molar-refractivity contribution in [3.05, 3.63) is 0 Å². The van der Waals surface area contributed by atoms with Gasteiger partial charge in [0.1, 0.15) is 0 Å². The molecule has 0 aromatic heterocycles. The quantitative estimate of drug-likeness (QED) is 0.315. The average Bonchev–Trinajstić information content (AvgIpc) is 0.722. The van der Waals surface area contributed by atoms with Gasteiger partial charge in [0, 0.05) is 0 Å². The molecule has 0 aliphatic carbocycles. The molecule has 0 amide bonds. The molecule has 0 aromatic rings. The Balaban J connectivity index is 3.02. The Morgan fingerprint density at radius 3 is 1.20 bits per heavy atom. The summed E-state index contributed by atoms with van der Waals surface area (Å²) in [5.41, 5.74) is 0. The third-order valence-corrected chi connectivity index (χ3v) is 0. The van der Waals surface area contributed by atoms with Crippen LogP contribution < -0.4 is 0 Å².